The maximum absolute atomic E-state index is 13.9. The van der Waals surface area contributed by atoms with Crippen molar-refractivity contribution in [3.63, 3.8) is 0 Å². The third-order valence-electron chi connectivity index (χ3n) is 5.16. The zero-order chi connectivity index (χ0) is 18.4. The molecule has 3 rings (SSSR count). The molecule has 2 aromatic rings. The number of methoxy groups -OCH3 is 1. The first-order valence-corrected chi connectivity index (χ1v) is 9.17. The number of piperidine rings is 1. The number of benzene rings is 1. The molecule has 1 amide bonds. The molecular formula is C20H26FN3O2. The summed E-state index contributed by atoms with van der Waals surface area (Å²) in [4.78, 5) is 18.4. The number of carbonyl (C=O) groups excluding carboxylic acids is 1. The van der Waals surface area contributed by atoms with Crippen LogP contribution in [-0.2, 0) is 22.5 Å². The van der Waals surface area contributed by atoms with E-state index in [-0.39, 0.29) is 23.7 Å². The summed E-state index contributed by atoms with van der Waals surface area (Å²) in [5, 5.41) is 0. The van der Waals surface area contributed by atoms with Gasteiger partial charge in [-0.15, -0.1) is 0 Å². The van der Waals surface area contributed by atoms with Crippen molar-refractivity contribution in [3.8, 4) is 0 Å². The SMILES string of the molecule is CO[C@@H]1CN(C(=O)CCCn2ccnc2)CC[C@@H]1Cc1ccccc1F. The smallest absolute Gasteiger partial charge is 0.222 e. The number of likely N-dealkylation sites (tertiary alicyclic amines) is 1. The van der Waals surface area contributed by atoms with Crippen LogP contribution in [-0.4, -0.2) is 46.7 Å². The van der Waals surface area contributed by atoms with E-state index in [0.29, 0.717) is 25.9 Å². The van der Waals surface area contributed by atoms with Crippen LogP contribution in [0, 0.1) is 11.7 Å². The molecule has 0 spiro atoms. The number of amides is 1. The lowest BCUT2D eigenvalue weighted by atomic mass is 9.87. The summed E-state index contributed by atoms with van der Waals surface area (Å²) in [7, 11) is 1.67. The molecule has 1 aliphatic rings. The van der Waals surface area contributed by atoms with Crippen molar-refractivity contribution in [3.05, 3.63) is 54.4 Å². The molecule has 1 saturated heterocycles. The number of carbonyl (C=O) groups is 1. The highest BCUT2D eigenvalue weighted by molar-refractivity contribution is 5.76. The Balaban J connectivity index is 1.50. The van der Waals surface area contributed by atoms with Crippen LogP contribution < -0.4 is 0 Å². The van der Waals surface area contributed by atoms with Crippen LogP contribution in [0.1, 0.15) is 24.8 Å². The van der Waals surface area contributed by atoms with Gasteiger partial charge < -0.3 is 14.2 Å². The predicted octanol–water partition coefficient (Wildman–Crippen LogP) is 2.91. The van der Waals surface area contributed by atoms with E-state index in [2.05, 4.69) is 4.98 Å². The molecule has 0 unspecified atom stereocenters. The number of aromatic nitrogens is 2. The molecule has 6 heteroatoms. The molecule has 0 bridgehead atoms. The molecular weight excluding hydrogens is 333 g/mol. The fourth-order valence-corrected chi connectivity index (χ4v) is 3.63. The van der Waals surface area contributed by atoms with Gasteiger partial charge in [-0.3, -0.25) is 4.79 Å². The first-order chi connectivity index (χ1) is 12.7. The highest BCUT2D eigenvalue weighted by atomic mass is 19.1. The van der Waals surface area contributed by atoms with Crippen LogP contribution in [0.25, 0.3) is 0 Å². The van der Waals surface area contributed by atoms with Crippen LogP contribution in [0.3, 0.4) is 0 Å². The van der Waals surface area contributed by atoms with Crippen LogP contribution in [0.4, 0.5) is 4.39 Å². The van der Waals surface area contributed by atoms with E-state index in [1.807, 2.05) is 27.8 Å². The Labute approximate surface area is 153 Å². The van der Waals surface area contributed by atoms with Gasteiger partial charge in [-0.05, 0) is 36.8 Å². The van der Waals surface area contributed by atoms with Crippen molar-refractivity contribution in [2.75, 3.05) is 20.2 Å². The minimum Gasteiger partial charge on any atom is -0.379 e. The lowest BCUT2D eigenvalue weighted by Crippen LogP contribution is -2.48. The second kappa shape index (κ2) is 8.94. The molecule has 0 aliphatic carbocycles. The summed E-state index contributed by atoms with van der Waals surface area (Å²) in [6.07, 6.45) is 8.15. The molecule has 0 saturated carbocycles. The number of ether oxygens (including phenoxy) is 1. The van der Waals surface area contributed by atoms with Crippen molar-refractivity contribution in [1.82, 2.24) is 14.5 Å². The predicted molar refractivity (Wildman–Crippen MR) is 97.0 cm³/mol. The van der Waals surface area contributed by atoms with Crippen molar-refractivity contribution < 1.29 is 13.9 Å². The van der Waals surface area contributed by atoms with E-state index in [1.165, 1.54) is 6.07 Å². The minimum atomic E-state index is -0.166. The Bertz CT molecular complexity index is 705. The van der Waals surface area contributed by atoms with Crippen molar-refractivity contribution in [2.45, 2.75) is 38.3 Å². The van der Waals surface area contributed by atoms with E-state index in [0.717, 1.165) is 24.9 Å². The molecule has 1 aromatic heterocycles. The number of hydrogen-bond donors (Lipinski definition) is 0. The van der Waals surface area contributed by atoms with Crippen LogP contribution in [0.2, 0.25) is 0 Å². The zero-order valence-corrected chi connectivity index (χ0v) is 15.2. The van der Waals surface area contributed by atoms with Gasteiger partial charge >= 0.3 is 0 Å². The molecule has 0 radical (unpaired) electrons. The van der Waals surface area contributed by atoms with E-state index >= 15 is 0 Å². The molecule has 1 fully saturated rings. The Morgan fingerprint density at radius 2 is 2.23 bits per heavy atom. The standard InChI is InChI=1S/C20H26FN3O2/c1-26-19-14-24(20(25)7-4-10-23-12-9-22-15-23)11-8-17(19)13-16-5-2-3-6-18(16)21/h2-3,5-6,9,12,15,17,19H,4,7-8,10-11,13-14H2,1H3/t17-,19-/m1/s1. The third-order valence-corrected chi connectivity index (χ3v) is 5.16. The normalized spacial score (nSPS) is 20.3. The summed E-state index contributed by atoms with van der Waals surface area (Å²) in [5.41, 5.74) is 0.722. The Morgan fingerprint density at radius 3 is 2.96 bits per heavy atom. The van der Waals surface area contributed by atoms with Gasteiger partial charge in [0.2, 0.25) is 5.91 Å². The molecule has 2 atom stereocenters. The van der Waals surface area contributed by atoms with Crippen molar-refractivity contribution in [1.29, 1.82) is 0 Å². The topological polar surface area (TPSA) is 47.4 Å². The van der Waals surface area contributed by atoms with Crippen molar-refractivity contribution >= 4 is 5.91 Å². The molecule has 2 heterocycles. The molecule has 1 aliphatic heterocycles. The average molecular weight is 359 g/mol. The Kier molecular flexibility index (Phi) is 6.39. The fraction of sp³-hybridized carbons (Fsp3) is 0.500. The van der Waals surface area contributed by atoms with Gasteiger partial charge in [0, 0.05) is 45.6 Å². The number of aryl methyl sites for hydroxylation is 1. The average Bonchev–Trinajstić information content (AvgIpc) is 3.17. The van der Waals surface area contributed by atoms with Gasteiger partial charge in [0.05, 0.1) is 12.4 Å². The molecule has 26 heavy (non-hydrogen) atoms. The molecule has 0 N–H and O–H groups in total. The van der Waals surface area contributed by atoms with Crippen LogP contribution in [0.15, 0.2) is 43.0 Å². The van der Waals surface area contributed by atoms with Gasteiger partial charge in [-0.25, -0.2) is 9.37 Å². The van der Waals surface area contributed by atoms with Gasteiger partial charge in [-0.1, -0.05) is 18.2 Å². The number of hydrogen-bond acceptors (Lipinski definition) is 3. The van der Waals surface area contributed by atoms with Crippen LogP contribution >= 0.6 is 0 Å². The fourth-order valence-electron chi connectivity index (χ4n) is 3.63. The van der Waals surface area contributed by atoms with E-state index in [4.69, 9.17) is 4.74 Å². The van der Waals surface area contributed by atoms with E-state index < -0.39 is 0 Å². The Morgan fingerprint density at radius 1 is 1.38 bits per heavy atom. The summed E-state index contributed by atoms with van der Waals surface area (Å²) in [6, 6.07) is 6.89. The second-order valence-electron chi connectivity index (χ2n) is 6.86. The largest absolute Gasteiger partial charge is 0.379 e. The second-order valence-corrected chi connectivity index (χ2v) is 6.86. The number of nitrogens with zero attached hydrogens (tertiary/aromatic N) is 3. The first-order valence-electron chi connectivity index (χ1n) is 9.17. The quantitative estimate of drug-likeness (QED) is 0.764. The summed E-state index contributed by atoms with van der Waals surface area (Å²) >= 11 is 0. The van der Waals surface area contributed by atoms with E-state index in [9.17, 15) is 9.18 Å². The third kappa shape index (κ3) is 4.69. The number of halogens is 1. The lowest BCUT2D eigenvalue weighted by molar-refractivity contribution is -0.136. The summed E-state index contributed by atoms with van der Waals surface area (Å²) in [5.74, 6) is 0.226. The molecule has 1 aromatic carbocycles. The maximum atomic E-state index is 13.9. The van der Waals surface area contributed by atoms with Gasteiger partial charge in [-0.2, -0.15) is 0 Å². The number of imidazole rings is 1. The zero-order valence-electron chi connectivity index (χ0n) is 15.2. The van der Waals surface area contributed by atoms with Crippen LogP contribution in [0.5, 0.6) is 0 Å². The van der Waals surface area contributed by atoms with Crippen molar-refractivity contribution in [2.24, 2.45) is 5.92 Å². The molecule has 5 nitrogen and oxygen atoms in total. The highest BCUT2D eigenvalue weighted by Gasteiger charge is 2.31. The minimum absolute atomic E-state index is 0.0547. The Hall–Kier alpha value is -2.21. The number of rotatable bonds is 7. The van der Waals surface area contributed by atoms with Gasteiger partial charge in [0.1, 0.15) is 5.82 Å². The molecule has 140 valence electrons. The summed E-state index contributed by atoms with van der Waals surface area (Å²) in [6.45, 7) is 2.09. The first kappa shape index (κ1) is 18.6. The van der Waals surface area contributed by atoms with E-state index in [1.54, 1.807) is 25.7 Å². The maximum Gasteiger partial charge on any atom is 0.222 e. The monoisotopic (exact) mass is 359 g/mol. The lowest BCUT2D eigenvalue weighted by Gasteiger charge is -2.38. The summed E-state index contributed by atoms with van der Waals surface area (Å²) < 4.78 is 21.5. The highest BCUT2D eigenvalue weighted by Crippen LogP contribution is 2.25. The van der Waals surface area contributed by atoms with Gasteiger partial charge in [0.15, 0.2) is 0 Å². The van der Waals surface area contributed by atoms with Gasteiger partial charge in [0.25, 0.3) is 0 Å².